The van der Waals surface area contributed by atoms with Gasteiger partial charge in [-0.05, 0) is 37.8 Å². The number of allylic oxidation sites excluding steroid dienone is 1. The van der Waals surface area contributed by atoms with Crippen LogP contribution in [-0.4, -0.2) is 36.0 Å². The minimum absolute atomic E-state index is 0.0318. The van der Waals surface area contributed by atoms with Gasteiger partial charge < -0.3 is 21.5 Å². The van der Waals surface area contributed by atoms with Crippen molar-refractivity contribution >= 4 is 18.3 Å². The lowest BCUT2D eigenvalue weighted by molar-refractivity contribution is -0.123. The number of hydrogen-bond donors (Lipinski definition) is 4. The second kappa shape index (κ2) is 17.5. The Morgan fingerprint density at radius 2 is 1.75 bits per heavy atom. The number of hydrogen-bond acceptors (Lipinski definition) is 4. The normalized spacial score (nSPS) is 11.5. The van der Waals surface area contributed by atoms with Crippen LogP contribution in [0, 0.1) is 5.92 Å². The van der Waals surface area contributed by atoms with Crippen molar-refractivity contribution in [3.05, 3.63) is 12.3 Å². The maximum absolute atomic E-state index is 11.6. The highest BCUT2D eigenvalue weighted by Crippen LogP contribution is 2.04. The van der Waals surface area contributed by atoms with E-state index in [9.17, 15) is 9.59 Å². The van der Waals surface area contributed by atoms with Crippen LogP contribution in [0.1, 0.15) is 59.3 Å². The van der Waals surface area contributed by atoms with E-state index in [-0.39, 0.29) is 18.3 Å². The Morgan fingerprint density at radius 1 is 1.17 bits per heavy atom. The number of rotatable bonds is 11. The molecule has 1 atom stereocenters. The summed E-state index contributed by atoms with van der Waals surface area (Å²) in [4.78, 5) is 30.6. The first-order chi connectivity index (χ1) is 11.3. The highest BCUT2D eigenvalue weighted by molar-refractivity contribution is 5.82. The molecule has 2 amide bonds. The third kappa shape index (κ3) is 20.1. The molecule has 0 saturated heterocycles. The molecule has 0 aromatic rings. The predicted molar refractivity (Wildman–Crippen MR) is 95.2 cm³/mol. The summed E-state index contributed by atoms with van der Waals surface area (Å²) in [6, 6.07) is -0.427. The maximum Gasteiger partial charge on any atom is 0.290 e. The van der Waals surface area contributed by atoms with Gasteiger partial charge in [0.1, 0.15) is 0 Å². The van der Waals surface area contributed by atoms with Crippen molar-refractivity contribution in [3.8, 4) is 0 Å². The molecule has 0 aliphatic carbocycles. The minimum atomic E-state index is -0.427. The lowest BCUT2D eigenvalue weighted by Crippen LogP contribution is -2.39. The van der Waals surface area contributed by atoms with Crippen LogP contribution in [-0.2, 0) is 14.4 Å². The lowest BCUT2D eigenvalue weighted by atomic mass is 10.0. The van der Waals surface area contributed by atoms with Gasteiger partial charge in [-0.3, -0.25) is 14.4 Å². The van der Waals surface area contributed by atoms with E-state index < -0.39 is 6.04 Å². The smallest absolute Gasteiger partial charge is 0.290 e. The van der Waals surface area contributed by atoms with Gasteiger partial charge in [0.15, 0.2) is 0 Å². The number of carbonyl (C=O) groups excluding carboxylic acids is 2. The van der Waals surface area contributed by atoms with Crippen molar-refractivity contribution in [3.63, 3.8) is 0 Å². The lowest BCUT2D eigenvalue weighted by Gasteiger charge is -2.12. The molecule has 5 N–H and O–H groups in total. The van der Waals surface area contributed by atoms with Gasteiger partial charge in [0.05, 0.1) is 6.04 Å². The Hall–Kier alpha value is -1.89. The summed E-state index contributed by atoms with van der Waals surface area (Å²) >= 11 is 0. The van der Waals surface area contributed by atoms with Gasteiger partial charge in [-0.25, -0.2) is 0 Å². The first-order valence-corrected chi connectivity index (χ1v) is 8.38. The number of carboxylic acid groups (broad SMARTS) is 1. The van der Waals surface area contributed by atoms with Crippen LogP contribution in [0.5, 0.6) is 0 Å². The molecule has 24 heavy (non-hydrogen) atoms. The molecule has 0 aliphatic rings. The van der Waals surface area contributed by atoms with Gasteiger partial charge in [0.25, 0.3) is 6.47 Å². The fourth-order valence-electron chi connectivity index (χ4n) is 1.95. The number of carbonyl (C=O) groups is 3. The zero-order chi connectivity index (χ0) is 18.8. The summed E-state index contributed by atoms with van der Waals surface area (Å²) in [6.07, 6.45) is 9.65. The fourth-order valence-corrected chi connectivity index (χ4v) is 1.95. The first kappa shape index (κ1) is 24.4. The van der Waals surface area contributed by atoms with E-state index in [0.717, 1.165) is 38.6 Å². The molecule has 7 nitrogen and oxygen atoms in total. The molecule has 0 radical (unpaired) electrons. The molecule has 0 spiro atoms. The Labute approximate surface area is 145 Å². The molecule has 0 saturated carbocycles. The third-order valence-electron chi connectivity index (χ3n) is 3.08. The monoisotopic (exact) mass is 343 g/mol. The molecule has 0 aromatic heterocycles. The summed E-state index contributed by atoms with van der Waals surface area (Å²) < 4.78 is 0. The standard InChI is InChI=1S/C16H31N3O2.CH2O2/c1-13(2)12-15(17)16(21)19-11-9-7-5-4-6-8-10-18-14(3)20;2-1-3/h9,11,13,15H,4-8,10,12,17H2,1-3H3,(H,18,20)(H,19,21);1H,(H,2,3)/b11-9+;/t15-;/m0./s1. The maximum atomic E-state index is 11.6. The fraction of sp³-hybridized carbons (Fsp3) is 0.706. The number of nitrogens with one attached hydrogen (secondary N) is 2. The predicted octanol–water partition coefficient (Wildman–Crippen LogP) is 1.78. The van der Waals surface area contributed by atoms with Crippen LogP contribution < -0.4 is 16.4 Å². The van der Waals surface area contributed by atoms with Gasteiger partial charge in [-0.15, -0.1) is 0 Å². The van der Waals surface area contributed by atoms with Crippen LogP contribution in [0.2, 0.25) is 0 Å². The first-order valence-electron chi connectivity index (χ1n) is 8.38. The Bertz CT molecular complexity index is 371. The van der Waals surface area contributed by atoms with Crippen molar-refractivity contribution < 1.29 is 19.5 Å². The van der Waals surface area contributed by atoms with Gasteiger partial charge in [-0.1, -0.05) is 32.8 Å². The van der Waals surface area contributed by atoms with Crippen LogP contribution in [0.4, 0.5) is 0 Å². The van der Waals surface area contributed by atoms with E-state index in [4.69, 9.17) is 15.6 Å². The summed E-state index contributed by atoms with van der Waals surface area (Å²) in [5.41, 5.74) is 5.77. The SMILES string of the molecule is CC(=O)NCCCCCC/C=C/NC(=O)[C@@H](N)CC(C)C.O=CO. The molecule has 0 aromatic carbocycles. The van der Waals surface area contributed by atoms with Gasteiger partial charge >= 0.3 is 0 Å². The number of unbranched alkanes of at least 4 members (excludes halogenated alkanes) is 4. The summed E-state index contributed by atoms with van der Waals surface area (Å²) in [6.45, 7) is 6.14. The van der Waals surface area contributed by atoms with Crippen molar-refractivity contribution in [2.24, 2.45) is 11.7 Å². The Kier molecular flexibility index (Phi) is 17.7. The molecule has 0 rings (SSSR count). The van der Waals surface area contributed by atoms with E-state index in [2.05, 4.69) is 24.5 Å². The average Bonchev–Trinajstić information content (AvgIpc) is 2.48. The third-order valence-corrected chi connectivity index (χ3v) is 3.08. The van der Waals surface area contributed by atoms with Crippen molar-refractivity contribution in [1.29, 1.82) is 0 Å². The Morgan fingerprint density at radius 3 is 2.29 bits per heavy atom. The summed E-state index contributed by atoms with van der Waals surface area (Å²) in [7, 11) is 0. The van der Waals surface area contributed by atoms with Crippen LogP contribution >= 0.6 is 0 Å². The van der Waals surface area contributed by atoms with E-state index in [1.165, 1.54) is 6.92 Å². The molecule has 0 aliphatic heterocycles. The number of nitrogens with two attached hydrogens (primary N) is 1. The van der Waals surface area contributed by atoms with E-state index >= 15 is 0 Å². The molecular formula is C17H33N3O4. The molecule has 0 unspecified atom stereocenters. The highest BCUT2D eigenvalue weighted by atomic mass is 16.3. The van der Waals surface area contributed by atoms with Crippen LogP contribution in [0.25, 0.3) is 0 Å². The molecule has 0 heterocycles. The molecule has 0 fully saturated rings. The summed E-state index contributed by atoms with van der Waals surface area (Å²) in [5.74, 6) is 0.340. The molecule has 7 heteroatoms. The topological polar surface area (TPSA) is 122 Å². The zero-order valence-corrected chi connectivity index (χ0v) is 15.1. The van der Waals surface area contributed by atoms with Gasteiger partial charge in [-0.2, -0.15) is 0 Å². The average molecular weight is 343 g/mol. The number of amides is 2. The van der Waals surface area contributed by atoms with Crippen LogP contribution in [0.15, 0.2) is 12.3 Å². The van der Waals surface area contributed by atoms with Gasteiger partial charge in [0.2, 0.25) is 11.8 Å². The van der Waals surface area contributed by atoms with Crippen molar-refractivity contribution in [2.75, 3.05) is 6.54 Å². The van der Waals surface area contributed by atoms with Crippen molar-refractivity contribution in [2.45, 2.75) is 65.3 Å². The molecule has 0 bridgehead atoms. The minimum Gasteiger partial charge on any atom is -0.483 e. The molecular weight excluding hydrogens is 310 g/mol. The van der Waals surface area contributed by atoms with E-state index in [0.29, 0.717) is 12.3 Å². The highest BCUT2D eigenvalue weighted by Gasteiger charge is 2.12. The molecule has 140 valence electrons. The van der Waals surface area contributed by atoms with Crippen LogP contribution in [0.3, 0.4) is 0 Å². The van der Waals surface area contributed by atoms with Crippen molar-refractivity contribution in [1.82, 2.24) is 10.6 Å². The van der Waals surface area contributed by atoms with E-state index in [1.807, 2.05) is 6.08 Å². The Balaban J connectivity index is 0. The second-order valence-electron chi connectivity index (χ2n) is 5.94. The second-order valence-corrected chi connectivity index (χ2v) is 5.94. The van der Waals surface area contributed by atoms with Gasteiger partial charge in [0, 0.05) is 13.5 Å². The largest absolute Gasteiger partial charge is 0.483 e. The van der Waals surface area contributed by atoms with E-state index in [1.54, 1.807) is 6.20 Å². The summed E-state index contributed by atoms with van der Waals surface area (Å²) in [5, 5.41) is 12.4. The zero-order valence-electron chi connectivity index (χ0n) is 15.1. The quantitative estimate of drug-likeness (QED) is 0.336.